The van der Waals surface area contributed by atoms with Crippen LogP contribution in [0.4, 0.5) is 11.4 Å². The summed E-state index contributed by atoms with van der Waals surface area (Å²) in [6.45, 7) is 6.78. The van der Waals surface area contributed by atoms with Gasteiger partial charge in [0.25, 0.3) is 0 Å². The highest BCUT2D eigenvalue weighted by atomic mass is 32.1. The van der Waals surface area contributed by atoms with Gasteiger partial charge in [0.2, 0.25) is 0 Å². The van der Waals surface area contributed by atoms with Crippen molar-refractivity contribution in [3.8, 4) is 22.3 Å². The number of nitrogens with zero attached hydrogens (tertiary/aromatic N) is 2. The molecule has 0 amide bonds. The molecule has 1 aromatic heterocycles. The van der Waals surface area contributed by atoms with Gasteiger partial charge in [-0.3, -0.25) is 0 Å². The highest BCUT2D eigenvalue weighted by Gasteiger charge is 2.49. The predicted molar refractivity (Wildman–Crippen MR) is 237 cm³/mol. The molecule has 0 radical (unpaired) electrons. The third-order valence-corrected chi connectivity index (χ3v) is 12.8. The number of anilines is 1. The van der Waals surface area contributed by atoms with E-state index >= 15 is 0 Å². The first kappa shape index (κ1) is 33.3. The zero-order valence-corrected chi connectivity index (χ0v) is 32.0. The van der Waals surface area contributed by atoms with E-state index in [4.69, 9.17) is 4.99 Å². The minimum atomic E-state index is -0.417. The van der Waals surface area contributed by atoms with E-state index in [0.717, 1.165) is 22.7 Å². The van der Waals surface area contributed by atoms with Crippen LogP contribution < -0.4 is 15.3 Å². The summed E-state index contributed by atoms with van der Waals surface area (Å²) in [6, 6.07) is 59.4. The van der Waals surface area contributed by atoms with Crippen LogP contribution in [0.5, 0.6) is 0 Å². The van der Waals surface area contributed by atoms with Crippen LogP contribution in [-0.4, -0.2) is 11.4 Å². The summed E-state index contributed by atoms with van der Waals surface area (Å²) in [7, 11) is 0. The molecule has 2 unspecified atom stereocenters. The molecule has 8 aromatic rings. The van der Waals surface area contributed by atoms with E-state index in [2.05, 4.69) is 208 Å². The van der Waals surface area contributed by atoms with Gasteiger partial charge >= 0.3 is 0 Å². The highest BCUT2D eigenvalue weighted by Crippen LogP contribution is 2.52. The molecule has 0 spiro atoms. The zero-order valence-electron chi connectivity index (χ0n) is 31.2. The number of allylic oxidation sites excluding steroid dienone is 1. The summed E-state index contributed by atoms with van der Waals surface area (Å²) in [4.78, 5) is 8.45. The number of aliphatic imine (C=N–C) groups is 1. The van der Waals surface area contributed by atoms with Crippen LogP contribution in [0.25, 0.3) is 60.2 Å². The molecule has 55 heavy (non-hydrogen) atoms. The Morgan fingerprint density at radius 2 is 1.31 bits per heavy atom. The number of aryl methyl sites for hydroxylation is 1. The second kappa shape index (κ2) is 13.2. The minimum absolute atomic E-state index is 0.142. The third kappa shape index (κ3) is 5.41. The van der Waals surface area contributed by atoms with E-state index in [-0.39, 0.29) is 5.92 Å². The normalized spacial score (nSPS) is 17.7. The van der Waals surface area contributed by atoms with Gasteiger partial charge in [-0.15, -0.1) is 11.3 Å². The van der Waals surface area contributed by atoms with Gasteiger partial charge in [-0.05, 0) is 88.9 Å². The van der Waals surface area contributed by atoms with Gasteiger partial charge < -0.3 is 4.90 Å². The first-order valence-electron chi connectivity index (χ1n) is 19.1. The van der Waals surface area contributed by atoms with Crippen molar-refractivity contribution >= 4 is 66.4 Å². The second-order valence-electron chi connectivity index (χ2n) is 14.9. The zero-order chi connectivity index (χ0) is 37.1. The van der Waals surface area contributed by atoms with Gasteiger partial charge in [0.15, 0.2) is 0 Å². The van der Waals surface area contributed by atoms with Crippen LogP contribution >= 0.6 is 11.3 Å². The van der Waals surface area contributed by atoms with Gasteiger partial charge in [-0.25, -0.2) is 4.99 Å². The van der Waals surface area contributed by atoms with Crippen LogP contribution in [0.3, 0.4) is 0 Å². The lowest BCUT2D eigenvalue weighted by Crippen LogP contribution is -2.52. The molecule has 2 atom stereocenters. The Balaban J connectivity index is 1.28. The van der Waals surface area contributed by atoms with Crippen molar-refractivity contribution < 1.29 is 0 Å². The SMILES string of the molecule is C/C=C(\C(=Nc1cc(-c2ccccc2)c(-c2ccccc2)cc1C)N1c2ccccc2C2C=c3ccccc3=CC21C)c1cccc2c1sc1ccccc12. The lowest BCUT2D eigenvalue weighted by molar-refractivity contribution is 0.601. The Bertz CT molecular complexity index is 2970. The molecule has 3 heteroatoms. The number of para-hydroxylation sites is 1. The molecule has 1 aliphatic heterocycles. The van der Waals surface area contributed by atoms with Crippen LogP contribution in [0.1, 0.15) is 36.5 Å². The monoisotopic (exact) mass is 724 g/mol. The molecule has 0 N–H and O–H groups in total. The summed E-state index contributed by atoms with van der Waals surface area (Å²) in [5.74, 6) is 1.09. The van der Waals surface area contributed by atoms with Crippen molar-refractivity contribution in [2.24, 2.45) is 4.99 Å². The lowest BCUT2D eigenvalue weighted by atomic mass is 9.79. The first-order chi connectivity index (χ1) is 27.0. The third-order valence-electron chi connectivity index (χ3n) is 11.6. The predicted octanol–water partition coefficient (Wildman–Crippen LogP) is 12.5. The van der Waals surface area contributed by atoms with Crippen molar-refractivity contribution in [2.45, 2.75) is 32.2 Å². The van der Waals surface area contributed by atoms with Crippen molar-refractivity contribution in [3.63, 3.8) is 0 Å². The summed E-state index contributed by atoms with van der Waals surface area (Å²) in [5, 5.41) is 5.11. The largest absolute Gasteiger partial charge is 0.315 e. The van der Waals surface area contributed by atoms with Gasteiger partial charge in [0.1, 0.15) is 5.84 Å². The van der Waals surface area contributed by atoms with Gasteiger partial charge in [-0.2, -0.15) is 0 Å². The summed E-state index contributed by atoms with van der Waals surface area (Å²) in [5.41, 5.74) is 11.2. The van der Waals surface area contributed by atoms with Crippen molar-refractivity contribution in [1.29, 1.82) is 0 Å². The molecular weight excluding hydrogens is 685 g/mol. The van der Waals surface area contributed by atoms with Crippen LogP contribution in [0.15, 0.2) is 175 Å². The maximum Gasteiger partial charge on any atom is 0.142 e. The van der Waals surface area contributed by atoms with Crippen LogP contribution in [-0.2, 0) is 0 Å². The Labute approximate surface area is 326 Å². The summed E-state index contributed by atoms with van der Waals surface area (Å²) in [6.07, 6.45) is 7.24. The van der Waals surface area contributed by atoms with E-state index in [1.807, 2.05) is 11.3 Å². The molecule has 0 bridgehead atoms. The number of hydrogen-bond acceptors (Lipinski definition) is 2. The molecule has 0 fully saturated rings. The fourth-order valence-electron chi connectivity index (χ4n) is 8.95. The fraction of sp³-hybridized carbons (Fsp3) is 0.0962. The maximum absolute atomic E-state index is 5.91. The lowest BCUT2D eigenvalue weighted by Gasteiger charge is -2.40. The van der Waals surface area contributed by atoms with Crippen LogP contribution in [0.2, 0.25) is 0 Å². The number of fused-ring (bicyclic) bond motifs is 7. The second-order valence-corrected chi connectivity index (χ2v) is 15.9. The van der Waals surface area contributed by atoms with Crippen molar-refractivity contribution in [3.05, 3.63) is 197 Å². The van der Waals surface area contributed by atoms with Gasteiger partial charge in [0.05, 0.1) is 11.2 Å². The number of hydrogen-bond donors (Lipinski definition) is 0. The van der Waals surface area contributed by atoms with Gasteiger partial charge in [-0.1, -0.05) is 158 Å². The maximum atomic E-state index is 5.91. The average Bonchev–Trinajstić information content (AvgIpc) is 3.73. The highest BCUT2D eigenvalue weighted by molar-refractivity contribution is 7.26. The van der Waals surface area contributed by atoms with E-state index < -0.39 is 5.54 Å². The Kier molecular flexibility index (Phi) is 8.01. The summed E-state index contributed by atoms with van der Waals surface area (Å²) < 4.78 is 2.58. The van der Waals surface area contributed by atoms with E-state index in [9.17, 15) is 0 Å². The Morgan fingerprint density at radius 3 is 2.07 bits per heavy atom. The molecule has 2 heterocycles. The van der Waals surface area contributed by atoms with E-state index in [0.29, 0.717) is 0 Å². The molecule has 264 valence electrons. The van der Waals surface area contributed by atoms with E-state index in [1.54, 1.807) is 0 Å². The topological polar surface area (TPSA) is 15.6 Å². The molecule has 2 aliphatic rings. The number of thiophene rings is 1. The standard InChI is InChI=1S/C52H40N2S/c1-4-39(41-26-17-27-42-40-24-14-16-29-49(40)55-50(41)42)51(54-48-28-15-13-25-43(48)46-31-37-22-11-12-23-38(37)33-52(46,54)3)53-47-32-45(36-20-9-6-10-21-36)44(30-34(47)2)35-18-7-5-8-19-35/h4-33,46H,1-3H3/b39-4-,53-51?. The Morgan fingerprint density at radius 1 is 0.673 bits per heavy atom. The van der Waals surface area contributed by atoms with Crippen molar-refractivity contribution in [1.82, 2.24) is 0 Å². The van der Waals surface area contributed by atoms with Crippen molar-refractivity contribution in [2.75, 3.05) is 4.90 Å². The average molecular weight is 725 g/mol. The molecular formula is C52H40N2S. The minimum Gasteiger partial charge on any atom is -0.315 e. The molecule has 1 aliphatic carbocycles. The number of benzene rings is 7. The molecule has 2 nitrogen and oxygen atoms in total. The summed E-state index contributed by atoms with van der Waals surface area (Å²) >= 11 is 1.87. The molecule has 7 aromatic carbocycles. The molecule has 10 rings (SSSR count). The first-order valence-corrected chi connectivity index (χ1v) is 19.9. The molecule has 0 saturated carbocycles. The number of amidine groups is 1. The number of rotatable bonds is 5. The smallest absolute Gasteiger partial charge is 0.142 e. The van der Waals surface area contributed by atoms with Gasteiger partial charge in [0, 0.05) is 42.9 Å². The quantitative estimate of drug-likeness (QED) is 0.127. The van der Waals surface area contributed by atoms with E-state index in [1.165, 1.54) is 69.7 Å². The Hall–Kier alpha value is -6.29. The fourth-order valence-corrected chi connectivity index (χ4v) is 10.2. The molecule has 0 saturated heterocycles. The van der Waals surface area contributed by atoms with Crippen LogP contribution in [0, 0.1) is 6.92 Å².